The summed E-state index contributed by atoms with van der Waals surface area (Å²) in [6.07, 6.45) is 1.03. The normalized spacial score (nSPS) is 12.3. The Labute approximate surface area is 152 Å². The zero-order valence-electron chi connectivity index (χ0n) is 14.8. The third-order valence-electron chi connectivity index (χ3n) is 3.60. The molecule has 2 aromatic rings. The van der Waals surface area contributed by atoms with Gasteiger partial charge in [-0.15, -0.1) is 0 Å². The predicted octanol–water partition coefficient (Wildman–Crippen LogP) is 3.02. The highest BCUT2D eigenvalue weighted by molar-refractivity contribution is 7.92. The van der Waals surface area contributed by atoms with E-state index in [0.29, 0.717) is 23.7 Å². The van der Waals surface area contributed by atoms with Gasteiger partial charge < -0.3 is 10.1 Å². The molecular weight excluding hydrogens is 359 g/mol. The van der Waals surface area contributed by atoms with Crippen molar-refractivity contribution in [2.24, 2.45) is 0 Å². The van der Waals surface area contributed by atoms with Crippen molar-refractivity contribution in [1.29, 1.82) is 0 Å². The second-order valence-corrected chi connectivity index (χ2v) is 7.52. The number of rotatable bonds is 7. The fourth-order valence-electron chi connectivity index (χ4n) is 2.44. The molecule has 0 aliphatic rings. The van der Waals surface area contributed by atoms with E-state index in [1.165, 1.54) is 31.2 Å². The molecule has 0 aliphatic carbocycles. The lowest BCUT2D eigenvalue weighted by molar-refractivity contribution is -0.116. The van der Waals surface area contributed by atoms with Gasteiger partial charge in [0.25, 0.3) is 0 Å². The van der Waals surface area contributed by atoms with Gasteiger partial charge in [0, 0.05) is 5.69 Å². The van der Waals surface area contributed by atoms with Crippen molar-refractivity contribution in [2.45, 2.75) is 19.9 Å². The third-order valence-corrected chi connectivity index (χ3v) is 4.84. The van der Waals surface area contributed by atoms with E-state index in [1.807, 2.05) is 6.92 Å². The number of sulfonamides is 1. The van der Waals surface area contributed by atoms with Crippen molar-refractivity contribution in [3.05, 3.63) is 54.3 Å². The maximum atomic E-state index is 13.0. The molecule has 1 amide bonds. The molecule has 1 N–H and O–H groups in total. The number of halogens is 1. The van der Waals surface area contributed by atoms with E-state index < -0.39 is 27.8 Å². The molecule has 0 aromatic heterocycles. The zero-order chi connectivity index (χ0) is 19.3. The Bertz CT molecular complexity index is 852. The van der Waals surface area contributed by atoms with Crippen LogP contribution in [-0.2, 0) is 14.8 Å². The highest BCUT2D eigenvalue weighted by atomic mass is 32.2. The van der Waals surface area contributed by atoms with Crippen LogP contribution in [-0.4, -0.2) is 33.2 Å². The number of hydrogen-bond donors (Lipinski definition) is 1. The summed E-state index contributed by atoms with van der Waals surface area (Å²) in [5.41, 5.74) is 0.723. The van der Waals surface area contributed by atoms with Crippen LogP contribution in [0.3, 0.4) is 0 Å². The van der Waals surface area contributed by atoms with Gasteiger partial charge in [-0.1, -0.05) is 0 Å². The van der Waals surface area contributed by atoms with E-state index in [-0.39, 0.29) is 0 Å². The first-order chi connectivity index (χ1) is 12.2. The molecule has 1 unspecified atom stereocenters. The molecule has 0 heterocycles. The van der Waals surface area contributed by atoms with Crippen LogP contribution >= 0.6 is 0 Å². The molecule has 0 bridgehead atoms. The van der Waals surface area contributed by atoms with Gasteiger partial charge in [-0.25, -0.2) is 12.8 Å². The van der Waals surface area contributed by atoms with Crippen LogP contribution in [0, 0.1) is 5.82 Å². The second-order valence-electron chi connectivity index (χ2n) is 5.66. The van der Waals surface area contributed by atoms with E-state index in [0.717, 1.165) is 10.6 Å². The van der Waals surface area contributed by atoms with Gasteiger partial charge in [0.2, 0.25) is 15.9 Å². The van der Waals surface area contributed by atoms with E-state index in [1.54, 1.807) is 24.3 Å². The Morgan fingerprint density at radius 2 is 1.73 bits per heavy atom. The second kappa shape index (κ2) is 8.18. The number of nitrogens with one attached hydrogen (secondary N) is 1. The lowest BCUT2D eigenvalue weighted by Crippen LogP contribution is -2.45. The Morgan fingerprint density at radius 1 is 1.15 bits per heavy atom. The zero-order valence-corrected chi connectivity index (χ0v) is 15.6. The van der Waals surface area contributed by atoms with Crippen LogP contribution in [0.2, 0.25) is 0 Å². The molecule has 2 aromatic carbocycles. The van der Waals surface area contributed by atoms with E-state index in [4.69, 9.17) is 4.74 Å². The van der Waals surface area contributed by atoms with Crippen LogP contribution < -0.4 is 14.4 Å². The molecule has 0 spiro atoms. The van der Waals surface area contributed by atoms with Gasteiger partial charge >= 0.3 is 0 Å². The van der Waals surface area contributed by atoms with E-state index >= 15 is 0 Å². The number of carbonyl (C=O) groups is 1. The number of ether oxygens (including phenoxy) is 1. The van der Waals surface area contributed by atoms with Gasteiger partial charge in [-0.05, 0) is 62.4 Å². The molecule has 0 saturated heterocycles. The number of hydrogen-bond acceptors (Lipinski definition) is 4. The fraction of sp³-hybridized carbons (Fsp3) is 0.278. The van der Waals surface area contributed by atoms with Crippen LogP contribution in [0.15, 0.2) is 48.5 Å². The first-order valence-corrected chi connectivity index (χ1v) is 9.86. The lowest BCUT2D eigenvalue weighted by atomic mass is 10.2. The minimum Gasteiger partial charge on any atom is -0.494 e. The Hall–Kier alpha value is -2.61. The van der Waals surface area contributed by atoms with E-state index in [9.17, 15) is 17.6 Å². The summed E-state index contributed by atoms with van der Waals surface area (Å²) in [6, 6.07) is 10.7. The summed E-state index contributed by atoms with van der Waals surface area (Å²) in [7, 11) is -3.71. The van der Waals surface area contributed by atoms with Gasteiger partial charge in [0.05, 0.1) is 18.6 Å². The van der Waals surface area contributed by atoms with Crippen molar-refractivity contribution < 1.29 is 22.3 Å². The molecule has 140 valence electrons. The minimum atomic E-state index is -3.71. The third kappa shape index (κ3) is 4.95. The molecule has 1 atom stereocenters. The predicted molar refractivity (Wildman–Crippen MR) is 99.4 cm³/mol. The molecule has 8 heteroatoms. The summed E-state index contributed by atoms with van der Waals surface area (Å²) >= 11 is 0. The molecule has 2 rings (SSSR count). The van der Waals surface area contributed by atoms with Gasteiger partial charge in [0.15, 0.2) is 0 Å². The highest BCUT2D eigenvalue weighted by Crippen LogP contribution is 2.24. The van der Waals surface area contributed by atoms with Gasteiger partial charge in [-0.2, -0.15) is 0 Å². The fourth-order valence-corrected chi connectivity index (χ4v) is 3.62. The summed E-state index contributed by atoms with van der Waals surface area (Å²) in [4.78, 5) is 12.5. The number of carbonyl (C=O) groups excluding carboxylic acids is 1. The Balaban J connectivity index is 2.25. The topological polar surface area (TPSA) is 75.7 Å². The number of amides is 1. The number of nitrogens with zero attached hydrogens (tertiary/aromatic N) is 1. The lowest BCUT2D eigenvalue weighted by Gasteiger charge is -2.28. The highest BCUT2D eigenvalue weighted by Gasteiger charge is 2.29. The van der Waals surface area contributed by atoms with Crippen LogP contribution in [0.25, 0.3) is 0 Å². The molecule has 6 nitrogen and oxygen atoms in total. The van der Waals surface area contributed by atoms with E-state index in [2.05, 4.69) is 5.32 Å². The van der Waals surface area contributed by atoms with Crippen molar-refractivity contribution in [3.8, 4) is 5.75 Å². The summed E-state index contributed by atoms with van der Waals surface area (Å²) in [5.74, 6) is -0.354. The van der Waals surface area contributed by atoms with Crippen LogP contribution in [0.4, 0.5) is 15.8 Å². The maximum absolute atomic E-state index is 13.0. The average Bonchev–Trinajstić information content (AvgIpc) is 2.57. The molecule has 0 fully saturated rings. The number of anilines is 2. The molecule has 0 radical (unpaired) electrons. The minimum absolute atomic E-state index is 0.345. The standard InChI is InChI=1S/C18H21FN2O4S/c1-4-25-17-11-9-16(10-12-17)21(26(3,23)24)13(2)18(22)20-15-7-5-14(19)6-8-15/h5-13H,4H2,1-3H3,(H,20,22). The molecule has 0 aliphatic heterocycles. The van der Waals surface area contributed by atoms with Crippen molar-refractivity contribution in [2.75, 3.05) is 22.5 Å². The van der Waals surface area contributed by atoms with Crippen molar-refractivity contribution >= 4 is 27.3 Å². The van der Waals surface area contributed by atoms with Crippen LogP contribution in [0.1, 0.15) is 13.8 Å². The smallest absolute Gasteiger partial charge is 0.247 e. The molecular formula is C18H21FN2O4S. The van der Waals surface area contributed by atoms with Gasteiger partial charge in [-0.3, -0.25) is 9.10 Å². The first kappa shape index (κ1) is 19.7. The monoisotopic (exact) mass is 380 g/mol. The summed E-state index contributed by atoms with van der Waals surface area (Å²) in [6.45, 7) is 3.82. The number of benzene rings is 2. The average molecular weight is 380 g/mol. The quantitative estimate of drug-likeness (QED) is 0.801. The van der Waals surface area contributed by atoms with Gasteiger partial charge in [0.1, 0.15) is 17.6 Å². The molecule has 26 heavy (non-hydrogen) atoms. The Kier molecular flexibility index (Phi) is 6.20. The first-order valence-electron chi connectivity index (χ1n) is 8.01. The van der Waals surface area contributed by atoms with Crippen molar-refractivity contribution in [1.82, 2.24) is 0 Å². The summed E-state index contributed by atoms with van der Waals surface area (Å²) in [5, 5.41) is 2.59. The van der Waals surface area contributed by atoms with Crippen molar-refractivity contribution in [3.63, 3.8) is 0 Å². The largest absolute Gasteiger partial charge is 0.494 e. The SMILES string of the molecule is CCOc1ccc(N(C(C)C(=O)Nc2ccc(F)cc2)S(C)(=O)=O)cc1. The summed E-state index contributed by atoms with van der Waals surface area (Å²) < 4.78 is 43.8. The molecule has 0 saturated carbocycles. The Morgan fingerprint density at radius 3 is 2.23 bits per heavy atom. The maximum Gasteiger partial charge on any atom is 0.247 e. The van der Waals surface area contributed by atoms with Crippen LogP contribution in [0.5, 0.6) is 5.75 Å².